The molecule has 1 aromatic heterocycles. The van der Waals surface area contributed by atoms with Gasteiger partial charge < -0.3 is 15.1 Å². The van der Waals surface area contributed by atoms with Gasteiger partial charge in [0.1, 0.15) is 0 Å². The van der Waals surface area contributed by atoms with E-state index in [0.717, 1.165) is 25.0 Å². The zero-order valence-corrected chi connectivity index (χ0v) is 20.5. The van der Waals surface area contributed by atoms with Gasteiger partial charge >= 0.3 is 0 Å². The highest BCUT2D eigenvalue weighted by Crippen LogP contribution is 2.41. The zero-order valence-electron chi connectivity index (χ0n) is 17.4. The lowest BCUT2D eigenvalue weighted by Gasteiger charge is -2.38. The molecule has 0 radical (unpaired) electrons. The average Bonchev–Trinajstić information content (AvgIpc) is 3.47. The van der Waals surface area contributed by atoms with Gasteiger partial charge in [0.05, 0.1) is 0 Å². The lowest BCUT2D eigenvalue weighted by molar-refractivity contribution is 0.278. The van der Waals surface area contributed by atoms with E-state index in [1.807, 2.05) is 18.4 Å². The quantitative estimate of drug-likeness (QED) is 0.354. The van der Waals surface area contributed by atoms with Crippen LogP contribution in [0.3, 0.4) is 0 Å². The fraction of sp³-hybridized carbons (Fsp3) is 0.773. The van der Waals surface area contributed by atoms with Gasteiger partial charge in [0.2, 0.25) is 0 Å². The Hall–Kier alpha value is -0.340. The maximum Gasteiger partial charge on any atom is 0.193 e. The van der Waals surface area contributed by atoms with Gasteiger partial charge in [-0.05, 0) is 62.6 Å². The fourth-order valence-corrected chi connectivity index (χ4v) is 6.39. The topological polar surface area (TPSA) is 30.9 Å². The summed E-state index contributed by atoms with van der Waals surface area (Å²) in [6.45, 7) is 7.27. The minimum absolute atomic E-state index is 0. The molecule has 28 heavy (non-hydrogen) atoms. The van der Waals surface area contributed by atoms with E-state index < -0.39 is 0 Å². The van der Waals surface area contributed by atoms with Crippen molar-refractivity contribution in [1.29, 1.82) is 0 Å². The summed E-state index contributed by atoms with van der Waals surface area (Å²) in [5.74, 6) is 1.93. The Morgan fingerprint density at radius 2 is 1.96 bits per heavy atom. The molecule has 0 bridgehead atoms. The highest BCUT2D eigenvalue weighted by Gasteiger charge is 2.36. The third-order valence-corrected chi connectivity index (χ3v) is 8.07. The van der Waals surface area contributed by atoms with Crippen LogP contribution in [0, 0.1) is 5.92 Å². The Bertz CT molecular complexity index is 606. The fourth-order valence-electron chi connectivity index (χ4n) is 5.40. The molecule has 1 unspecified atom stereocenters. The average molecular weight is 517 g/mol. The van der Waals surface area contributed by atoms with Crippen molar-refractivity contribution in [3.05, 3.63) is 22.4 Å². The molecule has 6 heteroatoms. The molecule has 2 aliphatic heterocycles. The van der Waals surface area contributed by atoms with E-state index in [1.54, 1.807) is 4.88 Å². The van der Waals surface area contributed by atoms with Crippen molar-refractivity contribution >= 4 is 41.3 Å². The van der Waals surface area contributed by atoms with Crippen LogP contribution in [-0.4, -0.2) is 62.1 Å². The van der Waals surface area contributed by atoms with Crippen molar-refractivity contribution in [2.45, 2.75) is 56.8 Å². The predicted molar refractivity (Wildman–Crippen MR) is 131 cm³/mol. The maximum atomic E-state index is 4.65. The van der Waals surface area contributed by atoms with Gasteiger partial charge in [-0.3, -0.25) is 4.99 Å². The van der Waals surface area contributed by atoms with Crippen LogP contribution in [-0.2, 0) is 5.41 Å². The summed E-state index contributed by atoms with van der Waals surface area (Å²) in [5.41, 5.74) is 0.317. The lowest BCUT2D eigenvalue weighted by atomic mass is 9.73. The third kappa shape index (κ3) is 5.22. The largest absolute Gasteiger partial charge is 0.355 e. The second-order valence-corrected chi connectivity index (χ2v) is 9.78. The number of hydrogen-bond donors (Lipinski definition) is 1. The van der Waals surface area contributed by atoms with Crippen molar-refractivity contribution in [2.24, 2.45) is 10.9 Å². The molecule has 3 aliphatic rings. The summed E-state index contributed by atoms with van der Waals surface area (Å²) >= 11 is 1.94. The Morgan fingerprint density at radius 3 is 2.64 bits per heavy atom. The van der Waals surface area contributed by atoms with Crippen molar-refractivity contribution in [2.75, 3.05) is 46.3 Å². The molecule has 2 saturated heterocycles. The van der Waals surface area contributed by atoms with Crippen LogP contribution in [0.1, 0.15) is 56.2 Å². The monoisotopic (exact) mass is 516 g/mol. The van der Waals surface area contributed by atoms with Crippen LogP contribution < -0.4 is 5.32 Å². The number of rotatable bonds is 5. The van der Waals surface area contributed by atoms with Crippen molar-refractivity contribution in [1.82, 2.24) is 15.1 Å². The van der Waals surface area contributed by atoms with Crippen molar-refractivity contribution in [3.63, 3.8) is 0 Å². The first-order chi connectivity index (χ1) is 13.3. The molecular formula is C22H37IN4S. The summed E-state index contributed by atoms with van der Waals surface area (Å²) in [5, 5.41) is 6.03. The second kappa shape index (κ2) is 10.6. The minimum atomic E-state index is 0. The van der Waals surface area contributed by atoms with Crippen molar-refractivity contribution < 1.29 is 0 Å². The minimum Gasteiger partial charge on any atom is -0.355 e. The van der Waals surface area contributed by atoms with Crippen molar-refractivity contribution in [3.8, 4) is 0 Å². The van der Waals surface area contributed by atoms with E-state index in [0.29, 0.717) is 5.41 Å². The number of nitrogens with zero attached hydrogens (tertiary/aromatic N) is 3. The van der Waals surface area contributed by atoms with Crippen LogP contribution in [0.25, 0.3) is 0 Å². The smallest absolute Gasteiger partial charge is 0.193 e. The van der Waals surface area contributed by atoms with E-state index in [9.17, 15) is 0 Å². The van der Waals surface area contributed by atoms with Gasteiger partial charge in [0.25, 0.3) is 0 Å². The number of nitrogens with one attached hydrogen (secondary N) is 1. The van der Waals surface area contributed by atoms with Crippen LogP contribution in [0.15, 0.2) is 22.5 Å². The van der Waals surface area contributed by atoms with Gasteiger partial charge in [0, 0.05) is 43.5 Å². The SMILES string of the molecule is CN=C(NCC1(c2cccs2)CCCCC1)N1CCC(CN2CCCC2)C1.I. The molecule has 0 aromatic carbocycles. The van der Waals surface area contributed by atoms with Gasteiger partial charge in [-0.1, -0.05) is 25.3 Å². The first-order valence-electron chi connectivity index (χ1n) is 11.0. The standard InChI is InChI=1S/C22H36N4S.HI/c1-23-21(26-14-9-19(17-26)16-25-12-5-6-13-25)24-18-22(10-3-2-4-11-22)20-8-7-15-27-20;/h7-8,15,19H,2-6,9-14,16-18H2,1H3,(H,23,24);1H. The molecule has 0 spiro atoms. The third-order valence-electron chi connectivity index (χ3n) is 6.95. The predicted octanol–water partition coefficient (Wildman–Crippen LogP) is 4.56. The van der Waals surface area contributed by atoms with E-state index in [1.165, 1.54) is 77.5 Å². The molecule has 4 rings (SSSR count). The zero-order chi connectivity index (χ0) is 18.5. The Morgan fingerprint density at radius 1 is 1.18 bits per heavy atom. The summed E-state index contributed by atoms with van der Waals surface area (Å²) in [6, 6.07) is 4.57. The molecule has 1 aliphatic carbocycles. The number of thiophene rings is 1. The highest BCUT2D eigenvalue weighted by molar-refractivity contribution is 14.0. The number of aliphatic imine (C=N–C) groups is 1. The highest BCUT2D eigenvalue weighted by atomic mass is 127. The molecular weight excluding hydrogens is 479 g/mol. The number of hydrogen-bond acceptors (Lipinski definition) is 3. The number of halogens is 1. The maximum absolute atomic E-state index is 4.65. The van der Waals surface area contributed by atoms with Crippen LogP contribution >= 0.6 is 35.3 Å². The summed E-state index contributed by atoms with van der Waals surface area (Å²) in [6.07, 6.45) is 10.8. The molecule has 1 saturated carbocycles. The molecule has 3 fully saturated rings. The van der Waals surface area contributed by atoms with E-state index in [2.05, 4.69) is 37.6 Å². The van der Waals surface area contributed by atoms with Crippen LogP contribution in [0.4, 0.5) is 0 Å². The van der Waals surface area contributed by atoms with Crippen LogP contribution in [0.5, 0.6) is 0 Å². The van der Waals surface area contributed by atoms with Crippen LogP contribution in [0.2, 0.25) is 0 Å². The Balaban J connectivity index is 0.00000225. The summed E-state index contributed by atoms with van der Waals surface area (Å²) in [7, 11) is 1.95. The van der Waals surface area contributed by atoms with E-state index in [-0.39, 0.29) is 24.0 Å². The number of guanidine groups is 1. The molecule has 3 heterocycles. The Kier molecular flexibility index (Phi) is 8.47. The van der Waals surface area contributed by atoms with Gasteiger partial charge in [-0.2, -0.15) is 0 Å². The normalized spacial score (nSPS) is 25.7. The molecule has 0 amide bonds. The molecule has 1 atom stereocenters. The summed E-state index contributed by atoms with van der Waals surface area (Å²) < 4.78 is 0. The second-order valence-electron chi connectivity index (χ2n) is 8.83. The van der Waals surface area contributed by atoms with Gasteiger partial charge in [0.15, 0.2) is 5.96 Å². The van der Waals surface area contributed by atoms with E-state index in [4.69, 9.17) is 0 Å². The molecule has 158 valence electrons. The summed E-state index contributed by atoms with van der Waals surface area (Å²) in [4.78, 5) is 11.4. The first-order valence-corrected chi connectivity index (χ1v) is 11.9. The first kappa shape index (κ1) is 22.3. The van der Waals surface area contributed by atoms with E-state index >= 15 is 0 Å². The number of likely N-dealkylation sites (tertiary alicyclic amines) is 2. The van der Waals surface area contributed by atoms with Gasteiger partial charge in [-0.15, -0.1) is 35.3 Å². The molecule has 4 nitrogen and oxygen atoms in total. The molecule has 1 N–H and O–H groups in total. The molecule has 1 aromatic rings. The Labute approximate surface area is 192 Å². The lowest BCUT2D eigenvalue weighted by Crippen LogP contribution is -2.47. The van der Waals surface area contributed by atoms with Gasteiger partial charge in [-0.25, -0.2) is 0 Å².